The second-order valence-corrected chi connectivity index (χ2v) is 2.36. The van der Waals surface area contributed by atoms with Gasteiger partial charge in [-0.25, -0.2) is 0 Å². The van der Waals surface area contributed by atoms with Crippen molar-refractivity contribution in [1.82, 2.24) is 0 Å². The van der Waals surface area contributed by atoms with E-state index in [9.17, 15) is 13.2 Å². The number of hydrogen-bond acceptors (Lipinski definition) is 1. The van der Waals surface area contributed by atoms with E-state index in [0.29, 0.717) is 5.57 Å². The van der Waals surface area contributed by atoms with E-state index in [-0.39, 0.29) is 0 Å². The third-order valence-corrected chi connectivity index (χ3v) is 1.37. The van der Waals surface area contributed by atoms with Gasteiger partial charge in [0.25, 0.3) is 0 Å². The highest BCUT2D eigenvalue weighted by Gasteiger charge is 2.32. The molecule has 0 aromatic rings. The molecule has 0 N–H and O–H groups in total. The summed E-state index contributed by atoms with van der Waals surface area (Å²) < 4.78 is 38.8. The minimum Gasteiger partial charge on any atom is -0.279 e. The lowest BCUT2D eigenvalue weighted by Crippen LogP contribution is -2.21. The molecule has 0 aliphatic heterocycles. The van der Waals surface area contributed by atoms with Crippen molar-refractivity contribution in [2.24, 2.45) is 0 Å². The molecule has 70 valence electrons. The third kappa shape index (κ3) is 3.32. The average molecular weight is 188 g/mol. The van der Waals surface area contributed by atoms with Crippen LogP contribution in [-0.4, -0.2) is 12.5 Å². The van der Waals surface area contributed by atoms with Gasteiger partial charge in [0.2, 0.25) is 0 Å². The summed E-state index contributed by atoms with van der Waals surface area (Å²) >= 11 is 0. The van der Waals surface area contributed by atoms with Crippen molar-refractivity contribution in [3.8, 4) is 0 Å². The summed E-state index contributed by atoms with van der Waals surface area (Å²) in [5, 5.41) is 0. The molecule has 0 amide bonds. The molecule has 4 heteroatoms. The molecule has 0 bridgehead atoms. The van der Waals surface area contributed by atoms with Crippen LogP contribution in [0.4, 0.5) is 13.2 Å². The number of alkyl halides is 3. The minimum absolute atomic E-state index is 0.641. The quantitative estimate of drug-likeness (QED) is 0.605. The molecule has 13 heavy (non-hydrogen) atoms. The SMILES string of the molecule is C=CC1=C=CC(OC(F)(F)F)C=C1. The van der Waals surface area contributed by atoms with E-state index in [1.165, 1.54) is 24.3 Å². The highest BCUT2D eigenvalue weighted by molar-refractivity contribution is 5.33. The smallest absolute Gasteiger partial charge is 0.279 e. The standard InChI is InChI=1S/C9H7F3O/c1-2-7-3-5-8(6-4-7)13-9(10,11)12/h2-3,5-6,8H,1H2. The molecular formula is C9H7F3O. The van der Waals surface area contributed by atoms with Gasteiger partial charge < -0.3 is 0 Å². The van der Waals surface area contributed by atoms with Gasteiger partial charge in [-0.05, 0) is 18.2 Å². The maximum atomic E-state index is 11.7. The summed E-state index contributed by atoms with van der Waals surface area (Å²) in [5.74, 6) is 0. The molecule has 0 radical (unpaired) electrons. The molecule has 1 rings (SSSR count). The molecule has 0 heterocycles. The monoisotopic (exact) mass is 188 g/mol. The molecule has 1 aliphatic carbocycles. The number of halogens is 3. The molecule has 0 spiro atoms. The summed E-state index contributed by atoms with van der Waals surface area (Å²) in [6, 6.07) is 0. The van der Waals surface area contributed by atoms with E-state index >= 15 is 0 Å². The Morgan fingerprint density at radius 2 is 2.23 bits per heavy atom. The molecule has 0 saturated carbocycles. The van der Waals surface area contributed by atoms with Crippen molar-refractivity contribution in [2.75, 3.05) is 0 Å². The van der Waals surface area contributed by atoms with Crippen LogP contribution in [0, 0.1) is 0 Å². The minimum atomic E-state index is -4.61. The summed E-state index contributed by atoms with van der Waals surface area (Å²) in [6.07, 6.45) is -0.228. The number of hydrogen-bond donors (Lipinski definition) is 0. The van der Waals surface area contributed by atoms with Crippen molar-refractivity contribution >= 4 is 0 Å². The molecule has 1 nitrogen and oxygen atoms in total. The highest BCUT2D eigenvalue weighted by Crippen LogP contribution is 2.21. The normalized spacial score (nSPS) is 21.5. The Balaban J connectivity index is 2.65. The van der Waals surface area contributed by atoms with E-state index < -0.39 is 12.5 Å². The zero-order valence-electron chi connectivity index (χ0n) is 6.64. The Hall–Kier alpha value is -1.25. The largest absolute Gasteiger partial charge is 0.523 e. The van der Waals surface area contributed by atoms with Crippen LogP contribution >= 0.6 is 0 Å². The van der Waals surface area contributed by atoms with Gasteiger partial charge in [0.15, 0.2) is 0 Å². The Labute approximate surface area is 73.5 Å². The topological polar surface area (TPSA) is 9.23 Å². The van der Waals surface area contributed by atoms with Crippen molar-refractivity contribution in [2.45, 2.75) is 12.5 Å². The Kier molecular flexibility index (Phi) is 2.76. The maximum Gasteiger partial charge on any atom is 0.523 e. The molecule has 1 aliphatic rings. The zero-order chi connectivity index (χ0) is 9.90. The third-order valence-electron chi connectivity index (χ3n) is 1.37. The van der Waals surface area contributed by atoms with Gasteiger partial charge >= 0.3 is 6.36 Å². The van der Waals surface area contributed by atoms with Crippen LogP contribution in [0.1, 0.15) is 0 Å². The summed E-state index contributed by atoms with van der Waals surface area (Å²) in [4.78, 5) is 0. The van der Waals surface area contributed by atoms with E-state index in [0.717, 1.165) is 0 Å². The Morgan fingerprint density at radius 3 is 2.62 bits per heavy atom. The van der Waals surface area contributed by atoms with Gasteiger partial charge in [0.1, 0.15) is 6.10 Å². The fraction of sp³-hybridized carbons (Fsp3) is 0.222. The van der Waals surface area contributed by atoms with E-state index in [2.05, 4.69) is 17.0 Å². The van der Waals surface area contributed by atoms with Crippen LogP contribution in [0.15, 0.2) is 42.2 Å². The van der Waals surface area contributed by atoms with E-state index in [4.69, 9.17) is 0 Å². The van der Waals surface area contributed by atoms with Gasteiger partial charge in [-0.1, -0.05) is 12.7 Å². The molecule has 0 fully saturated rings. The van der Waals surface area contributed by atoms with Crippen molar-refractivity contribution in [1.29, 1.82) is 0 Å². The van der Waals surface area contributed by atoms with Gasteiger partial charge in [-0.3, -0.25) is 4.74 Å². The first kappa shape index (κ1) is 9.84. The maximum absolute atomic E-state index is 11.7. The summed E-state index contributed by atoms with van der Waals surface area (Å²) in [6.45, 7) is 3.45. The van der Waals surface area contributed by atoms with Crippen molar-refractivity contribution < 1.29 is 17.9 Å². The Bertz CT molecular complexity index is 292. The molecule has 0 aromatic heterocycles. The molecule has 1 unspecified atom stereocenters. The molecule has 1 atom stereocenters. The number of allylic oxidation sites excluding steroid dienone is 2. The van der Waals surface area contributed by atoms with Gasteiger partial charge in [0, 0.05) is 5.57 Å². The molecular weight excluding hydrogens is 181 g/mol. The lowest BCUT2D eigenvalue weighted by atomic mass is 10.1. The lowest BCUT2D eigenvalue weighted by molar-refractivity contribution is -0.330. The second-order valence-electron chi connectivity index (χ2n) is 2.36. The van der Waals surface area contributed by atoms with Crippen molar-refractivity contribution in [3.63, 3.8) is 0 Å². The first-order valence-electron chi connectivity index (χ1n) is 3.53. The second kappa shape index (κ2) is 3.64. The van der Waals surface area contributed by atoms with Crippen LogP contribution < -0.4 is 0 Å². The number of rotatable bonds is 2. The van der Waals surface area contributed by atoms with E-state index in [1.54, 1.807) is 0 Å². The predicted octanol–water partition coefficient (Wildman–Crippen LogP) is 2.73. The first-order chi connectivity index (χ1) is 6.01. The predicted molar refractivity (Wildman–Crippen MR) is 41.9 cm³/mol. The van der Waals surface area contributed by atoms with Crippen LogP contribution in [-0.2, 0) is 4.74 Å². The summed E-state index contributed by atoms with van der Waals surface area (Å²) in [5.41, 5.74) is 3.24. The van der Waals surface area contributed by atoms with Crippen molar-refractivity contribution in [3.05, 3.63) is 42.2 Å². The Morgan fingerprint density at radius 1 is 1.54 bits per heavy atom. The fourth-order valence-corrected chi connectivity index (χ4v) is 0.835. The lowest BCUT2D eigenvalue weighted by Gasteiger charge is -2.13. The van der Waals surface area contributed by atoms with Crippen LogP contribution in [0.3, 0.4) is 0 Å². The van der Waals surface area contributed by atoms with Gasteiger partial charge in [-0.2, -0.15) is 0 Å². The zero-order valence-corrected chi connectivity index (χ0v) is 6.64. The van der Waals surface area contributed by atoms with Crippen LogP contribution in [0.25, 0.3) is 0 Å². The van der Waals surface area contributed by atoms with Crippen LogP contribution in [0.2, 0.25) is 0 Å². The molecule has 0 saturated heterocycles. The van der Waals surface area contributed by atoms with Crippen LogP contribution in [0.5, 0.6) is 0 Å². The highest BCUT2D eigenvalue weighted by atomic mass is 19.4. The van der Waals surface area contributed by atoms with E-state index in [1.807, 2.05) is 0 Å². The average Bonchev–Trinajstić information content (AvgIpc) is 2.03. The van der Waals surface area contributed by atoms with Gasteiger partial charge in [-0.15, -0.1) is 18.9 Å². The first-order valence-corrected chi connectivity index (χ1v) is 3.53. The summed E-state index contributed by atoms with van der Waals surface area (Å²) in [7, 11) is 0. The fourth-order valence-electron chi connectivity index (χ4n) is 0.835. The molecule has 0 aromatic carbocycles. The number of ether oxygens (including phenoxy) is 1. The van der Waals surface area contributed by atoms with Gasteiger partial charge in [0.05, 0.1) is 0 Å².